The number of hydrogen-bond acceptors (Lipinski definition) is 1. The second kappa shape index (κ2) is 5.82. The summed E-state index contributed by atoms with van der Waals surface area (Å²) in [6, 6.07) is 0. The standard InChI is InChI=1S/C10H20ClN/c1-2-10(11)6-7-12-8-9-4-3-5-9/h9-10,12H,2-8H2,1H3. The number of nitrogens with one attached hydrogen (secondary N) is 1. The van der Waals surface area contributed by atoms with Gasteiger partial charge in [-0.3, -0.25) is 0 Å². The number of rotatable bonds is 6. The molecular weight excluding hydrogens is 170 g/mol. The van der Waals surface area contributed by atoms with Crippen molar-refractivity contribution in [1.82, 2.24) is 5.32 Å². The van der Waals surface area contributed by atoms with Crippen LogP contribution in [0.4, 0.5) is 0 Å². The van der Waals surface area contributed by atoms with E-state index >= 15 is 0 Å². The molecule has 0 aromatic carbocycles. The number of halogens is 1. The molecule has 0 aliphatic heterocycles. The van der Waals surface area contributed by atoms with E-state index in [9.17, 15) is 0 Å². The molecule has 1 nitrogen and oxygen atoms in total. The van der Waals surface area contributed by atoms with E-state index in [4.69, 9.17) is 11.6 Å². The number of alkyl halides is 1. The molecule has 0 heterocycles. The van der Waals surface area contributed by atoms with Gasteiger partial charge in [0.05, 0.1) is 0 Å². The lowest BCUT2D eigenvalue weighted by Crippen LogP contribution is -2.28. The molecule has 0 amide bonds. The topological polar surface area (TPSA) is 12.0 Å². The van der Waals surface area contributed by atoms with Crippen molar-refractivity contribution in [2.24, 2.45) is 5.92 Å². The van der Waals surface area contributed by atoms with Gasteiger partial charge >= 0.3 is 0 Å². The van der Waals surface area contributed by atoms with Gasteiger partial charge < -0.3 is 5.32 Å². The molecule has 0 bridgehead atoms. The molecule has 12 heavy (non-hydrogen) atoms. The highest BCUT2D eigenvalue weighted by Gasteiger charge is 2.16. The molecule has 1 atom stereocenters. The highest BCUT2D eigenvalue weighted by atomic mass is 35.5. The molecule has 2 heteroatoms. The third-order valence-electron chi connectivity index (χ3n) is 2.74. The zero-order valence-electron chi connectivity index (χ0n) is 7.98. The molecule has 72 valence electrons. The summed E-state index contributed by atoms with van der Waals surface area (Å²) >= 11 is 5.99. The van der Waals surface area contributed by atoms with Gasteiger partial charge in [-0.25, -0.2) is 0 Å². The minimum absolute atomic E-state index is 0.374. The Kier molecular flexibility index (Phi) is 5.01. The van der Waals surface area contributed by atoms with E-state index in [1.165, 1.54) is 25.8 Å². The molecule has 1 rings (SSSR count). The van der Waals surface area contributed by atoms with Crippen LogP contribution in [0.25, 0.3) is 0 Å². The normalized spacial score (nSPS) is 20.5. The SMILES string of the molecule is CCC(Cl)CCNCC1CCC1. The van der Waals surface area contributed by atoms with Crippen LogP contribution in [0, 0.1) is 5.92 Å². The van der Waals surface area contributed by atoms with Crippen molar-refractivity contribution in [2.75, 3.05) is 13.1 Å². The third kappa shape index (κ3) is 3.77. The summed E-state index contributed by atoms with van der Waals surface area (Å²) < 4.78 is 0. The first-order valence-corrected chi connectivity index (χ1v) is 5.61. The fourth-order valence-corrected chi connectivity index (χ4v) is 1.58. The predicted molar refractivity (Wildman–Crippen MR) is 54.8 cm³/mol. The van der Waals surface area contributed by atoms with Gasteiger partial charge in [0.1, 0.15) is 0 Å². The van der Waals surface area contributed by atoms with Gasteiger partial charge in [-0.2, -0.15) is 0 Å². The molecule has 1 fully saturated rings. The van der Waals surface area contributed by atoms with Crippen molar-refractivity contribution in [3.63, 3.8) is 0 Å². The van der Waals surface area contributed by atoms with Gasteiger partial charge in [-0.1, -0.05) is 13.3 Å². The summed E-state index contributed by atoms with van der Waals surface area (Å²) in [5.74, 6) is 0.973. The van der Waals surface area contributed by atoms with Crippen LogP contribution in [0.1, 0.15) is 39.0 Å². The molecule has 0 radical (unpaired) electrons. The molecule has 0 aromatic heterocycles. The lowest BCUT2D eigenvalue weighted by atomic mass is 9.85. The summed E-state index contributed by atoms with van der Waals surface area (Å²) in [5.41, 5.74) is 0. The van der Waals surface area contributed by atoms with Crippen LogP contribution in [-0.2, 0) is 0 Å². The second-order valence-corrected chi connectivity index (χ2v) is 4.41. The third-order valence-corrected chi connectivity index (χ3v) is 3.26. The fourth-order valence-electron chi connectivity index (χ4n) is 1.47. The minimum Gasteiger partial charge on any atom is -0.316 e. The molecule has 1 N–H and O–H groups in total. The zero-order valence-corrected chi connectivity index (χ0v) is 8.74. The van der Waals surface area contributed by atoms with E-state index in [1.807, 2.05) is 0 Å². The second-order valence-electron chi connectivity index (χ2n) is 3.80. The molecule has 1 unspecified atom stereocenters. The van der Waals surface area contributed by atoms with Crippen molar-refractivity contribution < 1.29 is 0 Å². The van der Waals surface area contributed by atoms with E-state index in [-0.39, 0.29) is 0 Å². The number of hydrogen-bond donors (Lipinski definition) is 1. The Morgan fingerprint density at radius 3 is 2.75 bits per heavy atom. The highest BCUT2D eigenvalue weighted by molar-refractivity contribution is 6.20. The average molecular weight is 190 g/mol. The summed E-state index contributed by atoms with van der Waals surface area (Å²) in [6.45, 7) is 4.45. The molecule has 1 saturated carbocycles. The van der Waals surface area contributed by atoms with Crippen LogP contribution in [0.3, 0.4) is 0 Å². The van der Waals surface area contributed by atoms with Crippen molar-refractivity contribution in [3.05, 3.63) is 0 Å². The first kappa shape index (κ1) is 10.3. The van der Waals surface area contributed by atoms with E-state index in [0.717, 1.165) is 25.3 Å². The van der Waals surface area contributed by atoms with Crippen molar-refractivity contribution >= 4 is 11.6 Å². The highest BCUT2D eigenvalue weighted by Crippen LogP contribution is 2.25. The summed E-state index contributed by atoms with van der Waals surface area (Å²) in [5, 5.41) is 3.84. The lowest BCUT2D eigenvalue weighted by molar-refractivity contribution is 0.301. The van der Waals surface area contributed by atoms with Gasteiger partial charge in [0.2, 0.25) is 0 Å². The van der Waals surface area contributed by atoms with Crippen LogP contribution < -0.4 is 5.32 Å². The Morgan fingerprint density at radius 1 is 1.50 bits per heavy atom. The largest absolute Gasteiger partial charge is 0.316 e. The molecule has 0 spiro atoms. The molecule has 0 aromatic rings. The van der Waals surface area contributed by atoms with Gasteiger partial charge in [0.25, 0.3) is 0 Å². The van der Waals surface area contributed by atoms with Crippen LogP contribution in [-0.4, -0.2) is 18.5 Å². The van der Waals surface area contributed by atoms with Crippen molar-refractivity contribution in [2.45, 2.75) is 44.4 Å². The molecular formula is C10H20ClN. The quantitative estimate of drug-likeness (QED) is 0.501. The van der Waals surface area contributed by atoms with Crippen LogP contribution >= 0.6 is 11.6 Å². The maximum atomic E-state index is 5.99. The van der Waals surface area contributed by atoms with Gasteiger partial charge in [-0.05, 0) is 44.7 Å². The Morgan fingerprint density at radius 2 is 2.25 bits per heavy atom. The Bertz CT molecular complexity index is 106. The average Bonchev–Trinajstić information content (AvgIpc) is 2.00. The van der Waals surface area contributed by atoms with Crippen LogP contribution in [0.2, 0.25) is 0 Å². The predicted octanol–water partition coefficient (Wildman–Crippen LogP) is 2.78. The molecule has 1 aliphatic carbocycles. The Labute approximate surface area is 80.9 Å². The lowest BCUT2D eigenvalue weighted by Gasteiger charge is -2.25. The smallest absolute Gasteiger partial charge is 0.0345 e. The summed E-state index contributed by atoms with van der Waals surface area (Å²) in [6.07, 6.45) is 6.52. The van der Waals surface area contributed by atoms with E-state index in [0.29, 0.717) is 5.38 Å². The fraction of sp³-hybridized carbons (Fsp3) is 1.00. The molecule has 1 aliphatic rings. The maximum absolute atomic E-state index is 5.99. The maximum Gasteiger partial charge on any atom is 0.0345 e. The van der Waals surface area contributed by atoms with Crippen LogP contribution in [0.15, 0.2) is 0 Å². The van der Waals surface area contributed by atoms with Crippen molar-refractivity contribution in [1.29, 1.82) is 0 Å². The first-order chi connectivity index (χ1) is 5.83. The summed E-state index contributed by atoms with van der Waals surface area (Å²) in [4.78, 5) is 0. The summed E-state index contributed by atoms with van der Waals surface area (Å²) in [7, 11) is 0. The Balaban J connectivity index is 1.82. The van der Waals surface area contributed by atoms with Crippen molar-refractivity contribution in [3.8, 4) is 0 Å². The first-order valence-electron chi connectivity index (χ1n) is 5.17. The monoisotopic (exact) mass is 189 g/mol. The van der Waals surface area contributed by atoms with E-state index in [2.05, 4.69) is 12.2 Å². The van der Waals surface area contributed by atoms with Gasteiger partial charge in [-0.15, -0.1) is 11.6 Å². The van der Waals surface area contributed by atoms with Gasteiger partial charge in [0.15, 0.2) is 0 Å². The Hall–Kier alpha value is 0.250. The minimum atomic E-state index is 0.374. The van der Waals surface area contributed by atoms with E-state index < -0.39 is 0 Å². The van der Waals surface area contributed by atoms with E-state index in [1.54, 1.807) is 0 Å². The molecule has 0 saturated heterocycles. The van der Waals surface area contributed by atoms with Crippen LogP contribution in [0.5, 0.6) is 0 Å². The zero-order chi connectivity index (χ0) is 8.81. The van der Waals surface area contributed by atoms with Gasteiger partial charge in [0, 0.05) is 5.38 Å².